The second-order valence-corrected chi connectivity index (χ2v) is 10.7. The van der Waals surface area contributed by atoms with Gasteiger partial charge in [0.1, 0.15) is 11.5 Å². The smallest absolute Gasteiger partial charge is 0.320 e. The number of thiazole rings is 1. The summed E-state index contributed by atoms with van der Waals surface area (Å²) in [5.41, 5.74) is 0.488. The molecule has 4 rings (SSSR count). The van der Waals surface area contributed by atoms with E-state index in [0.717, 1.165) is 62.9 Å². The molecule has 0 aromatic carbocycles. The summed E-state index contributed by atoms with van der Waals surface area (Å²) < 4.78 is 5.55. The number of aromatic nitrogens is 2. The summed E-state index contributed by atoms with van der Waals surface area (Å²) in [5, 5.41) is 5.78. The summed E-state index contributed by atoms with van der Waals surface area (Å²) in [5.74, 6) is 1.66. The van der Waals surface area contributed by atoms with E-state index in [1.165, 1.54) is 0 Å². The lowest BCUT2D eigenvalue weighted by Gasteiger charge is -2.39. The van der Waals surface area contributed by atoms with Crippen LogP contribution in [0.1, 0.15) is 54.5 Å². The second-order valence-electron chi connectivity index (χ2n) is 9.86. The molecule has 2 aromatic rings. The van der Waals surface area contributed by atoms with E-state index in [-0.39, 0.29) is 11.9 Å². The second kappa shape index (κ2) is 13.0. The average molecular weight is 515 g/mol. The molecule has 0 spiro atoms. The van der Waals surface area contributed by atoms with Gasteiger partial charge < -0.3 is 24.8 Å². The van der Waals surface area contributed by atoms with E-state index in [9.17, 15) is 9.59 Å². The number of hydrogen-bond acceptors (Lipinski definition) is 7. The number of nitrogens with zero attached hydrogens (tertiary/aromatic N) is 5. The molecule has 36 heavy (non-hydrogen) atoms. The molecule has 2 aromatic heterocycles. The van der Waals surface area contributed by atoms with Gasteiger partial charge in [0.25, 0.3) is 5.91 Å². The van der Waals surface area contributed by atoms with Crippen molar-refractivity contribution < 1.29 is 14.3 Å². The Kier molecular flexibility index (Phi) is 9.52. The summed E-state index contributed by atoms with van der Waals surface area (Å²) in [7, 11) is 0. The Balaban J connectivity index is 1.17. The van der Waals surface area contributed by atoms with Gasteiger partial charge in [0, 0.05) is 76.5 Å². The Morgan fingerprint density at radius 1 is 1.11 bits per heavy atom. The first-order valence-electron chi connectivity index (χ1n) is 13.0. The Labute approximate surface area is 217 Å². The maximum atomic E-state index is 13.1. The Hall–Kier alpha value is -2.72. The third kappa shape index (κ3) is 7.16. The van der Waals surface area contributed by atoms with Crippen molar-refractivity contribution in [3.05, 3.63) is 40.5 Å². The van der Waals surface area contributed by atoms with Crippen molar-refractivity contribution in [1.82, 2.24) is 25.1 Å². The number of amides is 3. The molecule has 2 aliphatic rings. The van der Waals surface area contributed by atoms with E-state index in [2.05, 4.69) is 34.0 Å². The molecule has 0 radical (unpaired) electrons. The minimum absolute atomic E-state index is 0.126. The van der Waals surface area contributed by atoms with Crippen molar-refractivity contribution in [2.24, 2.45) is 5.92 Å². The van der Waals surface area contributed by atoms with Crippen molar-refractivity contribution in [3.63, 3.8) is 0 Å². The van der Waals surface area contributed by atoms with Crippen molar-refractivity contribution in [2.45, 2.75) is 39.0 Å². The zero-order valence-corrected chi connectivity index (χ0v) is 22.2. The van der Waals surface area contributed by atoms with Crippen LogP contribution in [0.4, 0.5) is 10.6 Å². The highest BCUT2D eigenvalue weighted by molar-refractivity contribution is 7.09. The number of rotatable bonds is 9. The number of nitrogens with one attached hydrogen (secondary N) is 1. The molecule has 10 heteroatoms. The first kappa shape index (κ1) is 26.3. The van der Waals surface area contributed by atoms with Gasteiger partial charge in [0.2, 0.25) is 0 Å². The largest absolute Gasteiger partial charge is 0.381 e. The first-order chi connectivity index (χ1) is 17.5. The Morgan fingerprint density at radius 3 is 2.56 bits per heavy atom. The van der Waals surface area contributed by atoms with Crippen LogP contribution in [0.25, 0.3) is 0 Å². The number of likely N-dealkylation sites (tertiary alicyclic amines) is 1. The van der Waals surface area contributed by atoms with E-state index in [0.29, 0.717) is 43.8 Å². The standard InChI is InChI=1S/C26H38N6O3S/c1-20(2)18-35-17-5-10-28-24(33)22-19-36-25(29-22)21-7-11-31(12-8-21)26(34)32-15-13-30(14-16-32)23-6-3-4-9-27-23/h3-4,6,9,19-21H,5,7-8,10-18H2,1-2H3,(H,28,33). The van der Waals surface area contributed by atoms with Crippen LogP contribution in [-0.4, -0.2) is 90.7 Å². The van der Waals surface area contributed by atoms with Crippen LogP contribution in [0.3, 0.4) is 0 Å². The fourth-order valence-electron chi connectivity index (χ4n) is 4.55. The van der Waals surface area contributed by atoms with Gasteiger partial charge in [-0.15, -0.1) is 11.3 Å². The van der Waals surface area contributed by atoms with Crippen LogP contribution in [0.5, 0.6) is 0 Å². The number of hydrogen-bond donors (Lipinski definition) is 1. The van der Waals surface area contributed by atoms with E-state index in [1.54, 1.807) is 17.5 Å². The molecule has 3 amide bonds. The lowest BCUT2D eigenvalue weighted by atomic mass is 9.98. The zero-order chi connectivity index (χ0) is 25.3. The fraction of sp³-hybridized carbons (Fsp3) is 0.615. The third-order valence-corrected chi connectivity index (χ3v) is 7.60. The normalized spacial score (nSPS) is 17.0. The molecule has 0 saturated carbocycles. The number of piperazine rings is 1. The van der Waals surface area contributed by atoms with Gasteiger partial charge in [0.15, 0.2) is 0 Å². The highest BCUT2D eigenvalue weighted by Gasteiger charge is 2.30. The lowest BCUT2D eigenvalue weighted by Crippen LogP contribution is -2.54. The molecular formula is C26H38N6O3S. The number of carbonyl (C=O) groups is 2. The molecule has 0 atom stereocenters. The number of urea groups is 1. The van der Waals surface area contributed by atoms with Gasteiger partial charge >= 0.3 is 6.03 Å². The molecule has 0 aliphatic carbocycles. The van der Waals surface area contributed by atoms with E-state index in [1.807, 2.05) is 33.4 Å². The highest BCUT2D eigenvalue weighted by atomic mass is 32.1. The van der Waals surface area contributed by atoms with Gasteiger partial charge in [-0.05, 0) is 37.3 Å². The topological polar surface area (TPSA) is 90.9 Å². The first-order valence-corrected chi connectivity index (χ1v) is 13.9. The zero-order valence-electron chi connectivity index (χ0n) is 21.4. The van der Waals surface area contributed by atoms with Gasteiger partial charge in [-0.1, -0.05) is 19.9 Å². The van der Waals surface area contributed by atoms with Gasteiger partial charge in [-0.25, -0.2) is 14.8 Å². The average Bonchev–Trinajstić information content (AvgIpc) is 3.41. The number of pyridine rings is 1. The highest BCUT2D eigenvalue weighted by Crippen LogP contribution is 2.31. The summed E-state index contributed by atoms with van der Waals surface area (Å²) in [6.07, 6.45) is 4.35. The van der Waals surface area contributed by atoms with Crippen LogP contribution in [0, 0.1) is 5.92 Å². The molecule has 4 heterocycles. The van der Waals surface area contributed by atoms with Crippen molar-refractivity contribution >= 4 is 29.1 Å². The summed E-state index contributed by atoms with van der Waals surface area (Å²) >= 11 is 1.55. The quantitative estimate of drug-likeness (QED) is 0.516. The fourth-order valence-corrected chi connectivity index (χ4v) is 5.52. The van der Waals surface area contributed by atoms with Gasteiger partial charge in [-0.3, -0.25) is 4.79 Å². The molecule has 0 bridgehead atoms. The van der Waals surface area contributed by atoms with Crippen LogP contribution < -0.4 is 10.2 Å². The van der Waals surface area contributed by atoms with Crippen LogP contribution in [0.15, 0.2) is 29.8 Å². The SMILES string of the molecule is CC(C)COCCCNC(=O)c1csc(C2CCN(C(=O)N3CCN(c4ccccn4)CC3)CC2)n1. The summed E-state index contributed by atoms with van der Waals surface area (Å²) in [4.78, 5) is 40.7. The summed E-state index contributed by atoms with van der Waals surface area (Å²) in [6, 6.07) is 6.05. The number of piperidine rings is 1. The molecule has 2 aliphatic heterocycles. The van der Waals surface area contributed by atoms with Crippen molar-refractivity contribution in [3.8, 4) is 0 Å². The molecule has 2 saturated heterocycles. The monoisotopic (exact) mass is 514 g/mol. The molecule has 2 fully saturated rings. The Bertz CT molecular complexity index is 969. The number of ether oxygens (including phenoxy) is 1. The number of carbonyl (C=O) groups excluding carboxylic acids is 2. The van der Waals surface area contributed by atoms with E-state index in [4.69, 9.17) is 4.74 Å². The minimum Gasteiger partial charge on any atom is -0.381 e. The van der Waals surface area contributed by atoms with Crippen LogP contribution >= 0.6 is 11.3 Å². The van der Waals surface area contributed by atoms with E-state index < -0.39 is 0 Å². The molecule has 9 nitrogen and oxygen atoms in total. The van der Waals surface area contributed by atoms with Crippen LogP contribution in [-0.2, 0) is 4.74 Å². The third-order valence-electron chi connectivity index (χ3n) is 6.59. The lowest BCUT2D eigenvalue weighted by molar-refractivity contribution is 0.0921. The maximum Gasteiger partial charge on any atom is 0.320 e. The minimum atomic E-state index is -0.126. The predicted molar refractivity (Wildman–Crippen MR) is 142 cm³/mol. The molecule has 196 valence electrons. The molecule has 0 unspecified atom stereocenters. The van der Waals surface area contributed by atoms with Crippen LogP contribution in [0.2, 0.25) is 0 Å². The van der Waals surface area contributed by atoms with Crippen molar-refractivity contribution in [1.29, 1.82) is 0 Å². The molecular weight excluding hydrogens is 476 g/mol. The van der Waals surface area contributed by atoms with E-state index >= 15 is 0 Å². The molecule has 1 N–H and O–H groups in total. The van der Waals surface area contributed by atoms with Gasteiger partial charge in [-0.2, -0.15) is 0 Å². The van der Waals surface area contributed by atoms with Crippen molar-refractivity contribution in [2.75, 3.05) is 63.9 Å². The van der Waals surface area contributed by atoms with Gasteiger partial charge in [0.05, 0.1) is 5.01 Å². The maximum absolute atomic E-state index is 13.1. The predicted octanol–water partition coefficient (Wildman–Crippen LogP) is 3.45. The number of anilines is 1. The Morgan fingerprint density at radius 2 is 1.86 bits per heavy atom. The summed E-state index contributed by atoms with van der Waals surface area (Å²) in [6.45, 7) is 10.7.